The van der Waals surface area contributed by atoms with E-state index >= 15 is 0 Å². The number of methoxy groups -OCH3 is 1. The van der Waals surface area contributed by atoms with E-state index in [0.29, 0.717) is 56.6 Å². The molecule has 0 bridgehead atoms. The van der Waals surface area contributed by atoms with Crippen molar-refractivity contribution in [2.75, 3.05) is 51.8 Å². The van der Waals surface area contributed by atoms with Crippen LogP contribution in [0.3, 0.4) is 0 Å². The minimum absolute atomic E-state index is 0.140. The molecule has 0 saturated carbocycles. The molecule has 1 aliphatic rings. The number of furan rings is 1. The molecule has 0 spiro atoms. The Kier molecular flexibility index (Phi) is 5.80. The number of nitrogens with one attached hydrogen (secondary N) is 1. The van der Waals surface area contributed by atoms with Crippen molar-refractivity contribution < 1.29 is 18.7 Å². The van der Waals surface area contributed by atoms with E-state index in [-0.39, 0.29) is 11.8 Å². The van der Waals surface area contributed by atoms with Gasteiger partial charge in [0.05, 0.1) is 18.4 Å². The summed E-state index contributed by atoms with van der Waals surface area (Å²) in [6, 6.07) is 3.32. The minimum atomic E-state index is -0.156. The first-order valence-corrected chi connectivity index (χ1v) is 8.36. The standard InChI is InChI=1S/C17H21N5O4/c1-25-10-4-18-17-19-11-13(12-20-17)15(23)21-5-7-22(8-6-21)16(24)14-3-2-9-26-14/h2-3,9,11-12H,4-8,10H2,1H3,(H,18,19,20). The molecular formula is C17H21N5O4. The lowest BCUT2D eigenvalue weighted by molar-refractivity contribution is 0.0517. The Balaban J connectivity index is 1.52. The second kappa shape index (κ2) is 8.43. The van der Waals surface area contributed by atoms with Gasteiger partial charge >= 0.3 is 0 Å². The number of hydrogen-bond acceptors (Lipinski definition) is 7. The van der Waals surface area contributed by atoms with Crippen molar-refractivity contribution in [3.8, 4) is 0 Å². The Bertz CT molecular complexity index is 724. The number of hydrogen-bond donors (Lipinski definition) is 1. The molecule has 1 aliphatic heterocycles. The van der Waals surface area contributed by atoms with Crippen LogP contribution in [0.1, 0.15) is 20.9 Å². The molecule has 9 nitrogen and oxygen atoms in total. The van der Waals surface area contributed by atoms with Crippen LogP contribution in [-0.2, 0) is 4.74 Å². The molecule has 0 atom stereocenters. The highest BCUT2D eigenvalue weighted by atomic mass is 16.5. The van der Waals surface area contributed by atoms with E-state index in [1.165, 1.54) is 18.7 Å². The molecule has 1 saturated heterocycles. The maximum Gasteiger partial charge on any atom is 0.289 e. The first-order chi connectivity index (χ1) is 12.7. The topological polar surface area (TPSA) is 101 Å². The third-order valence-electron chi connectivity index (χ3n) is 4.07. The number of amides is 2. The third-order valence-corrected chi connectivity index (χ3v) is 4.07. The summed E-state index contributed by atoms with van der Waals surface area (Å²) in [6.45, 7) is 2.98. The highest BCUT2D eigenvalue weighted by molar-refractivity contribution is 5.94. The van der Waals surface area contributed by atoms with Crippen molar-refractivity contribution in [1.82, 2.24) is 19.8 Å². The molecule has 0 unspecified atom stereocenters. The van der Waals surface area contributed by atoms with Gasteiger partial charge in [0, 0.05) is 52.2 Å². The largest absolute Gasteiger partial charge is 0.459 e. The van der Waals surface area contributed by atoms with Gasteiger partial charge < -0.3 is 24.3 Å². The first-order valence-electron chi connectivity index (χ1n) is 8.36. The number of aromatic nitrogens is 2. The first kappa shape index (κ1) is 17.9. The lowest BCUT2D eigenvalue weighted by Crippen LogP contribution is -2.50. The lowest BCUT2D eigenvalue weighted by atomic mass is 10.2. The van der Waals surface area contributed by atoms with Crippen LogP contribution in [0, 0.1) is 0 Å². The molecule has 2 aromatic heterocycles. The zero-order valence-corrected chi connectivity index (χ0v) is 14.6. The average Bonchev–Trinajstić information content (AvgIpc) is 3.23. The van der Waals surface area contributed by atoms with Crippen molar-refractivity contribution in [3.63, 3.8) is 0 Å². The van der Waals surface area contributed by atoms with Crippen LogP contribution in [0.25, 0.3) is 0 Å². The summed E-state index contributed by atoms with van der Waals surface area (Å²) in [6.07, 6.45) is 4.48. The normalized spacial score (nSPS) is 14.3. The summed E-state index contributed by atoms with van der Waals surface area (Å²) in [5.74, 6) is 0.470. The monoisotopic (exact) mass is 359 g/mol. The molecule has 9 heteroatoms. The molecule has 1 fully saturated rings. The van der Waals surface area contributed by atoms with Crippen LogP contribution in [-0.4, -0.2) is 78.0 Å². The summed E-state index contributed by atoms with van der Waals surface area (Å²) < 4.78 is 10.1. The van der Waals surface area contributed by atoms with E-state index in [2.05, 4.69) is 15.3 Å². The number of piperazine rings is 1. The molecular weight excluding hydrogens is 338 g/mol. The van der Waals surface area contributed by atoms with Crippen LogP contribution in [0.4, 0.5) is 5.95 Å². The zero-order valence-electron chi connectivity index (χ0n) is 14.6. The molecule has 0 aromatic carbocycles. The van der Waals surface area contributed by atoms with Crippen molar-refractivity contribution in [2.45, 2.75) is 0 Å². The fraction of sp³-hybridized carbons (Fsp3) is 0.412. The highest BCUT2D eigenvalue weighted by Crippen LogP contribution is 2.12. The van der Waals surface area contributed by atoms with Crippen LogP contribution in [0.15, 0.2) is 35.2 Å². The molecule has 0 aliphatic carbocycles. The maximum atomic E-state index is 12.6. The number of carbonyl (C=O) groups excluding carboxylic acids is 2. The molecule has 2 aromatic rings. The van der Waals surface area contributed by atoms with Gasteiger partial charge in [0.15, 0.2) is 5.76 Å². The van der Waals surface area contributed by atoms with Gasteiger partial charge in [-0.25, -0.2) is 9.97 Å². The Morgan fingerprint density at radius 1 is 1.15 bits per heavy atom. The number of anilines is 1. The minimum Gasteiger partial charge on any atom is -0.459 e. The van der Waals surface area contributed by atoms with Gasteiger partial charge in [-0.05, 0) is 12.1 Å². The van der Waals surface area contributed by atoms with Crippen molar-refractivity contribution in [3.05, 3.63) is 42.1 Å². The Morgan fingerprint density at radius 2 is 1.81 bits per heavy atom. The summed E-state index contributed by atoms with van der Waals surface area (Å²) in [5.41, 5.74) is 0.424. The summed E-state index contributed by atoms with van der Waals surface area (Å²) in [5, 5.41) is 3.00. The number of carbonyl (C=O) groups is 2. The van der Waals surface area contributed by atoms with Gasteiger partial charge in [-0.1, -0.05) is 0 Å². The van der Waals surface area contributed by atoms with E-state index in [9.17, 15) is 9.59 Å². The van der Waals surface area contributed by atoms with Crippen LogP contribution >= 0.6 is 0 Å². The fourth-order valence-corrected chi connectivity index (χ4v) is 2.65. The molecule has 3 heterocycles. The summed E-state index contributed by atoms with van der Waals surface area (Å²) in [7, 11) is 1.62. The molecule has 26 heavy (non-hydrogen) atoms. The van der Waals surface area contributed by atoms with E-state index in [1.54, 1.807) is 29.0 Å². The second-order valence-electron chi connectivity index (χ2n) is 5.78. The van der Waals surface area contributed by atoms with E-state index in [4.69, 9.17) is 9.15 Å². The zero-order chi connectivity index (χ0) is 18.4. The fourth-order valence-electron chi connectivity index (χ4n) is 2.65. The number of ether oxygens (including phenoxy) is 1. The van der Waals surface area contributed by atoms with E-state index < -0.39 is 0 Å². The van der Waals surface area contributed by atoms with Crippen molar-refractivity contribution in [1.29, 1.82) is 0 Å². The molecule has 3 rings (SSSR count). The van der Waals surface area contributed by atoms with E-state index in [1.807, 2.05) is 0 Å². The predicted octanol–water partition coefficient (Wildman–Crippen LogP) is 0.726. The number of nitrogens with zero attached hydrogens (tertiary/aromatic N) is 4. The van der Waals surface area contributed by atoms with Gasteiger partial charge in [0.1, 0.15) is 0 Å². The van der Waals surface area contributed by atoms with Crippen molar-refractivity contribution >= 4 is 17.8 Å². The molecule has 0 radical (unpaired) electrons. The van der Waals surface area contributed by atoms with Crippen LogP contribution < -0.4 is 5.32 Å². The van der Waals surface area contributed by atoms with Gasteiger partial charge in [-0.2, -0.15) is 0 Å². The van der Waals surface area contributed by atoms with Gasteiger partial charge in [0.2, 0.25) is 5.95 Å². The van der Waals surface area contributed by atoms with Crippen LogP contribution in [0.2, 0.25) is 0 Å². The quantitative estimate of drug-likeness (QED) is 0.759. The summed E-state index contributed by atoms with van der Waals surface area (Å²) >= 11 is 0. The molecule has 138 valence electrons. The molecule has 1 N–H and O–H groups in total. The average molecular weight is 359 g/mol. The SMILES string of the molecule is COCCNc1ncc(C(=O)N2CCN(C(=O)c3ccco3)CC2)cn1. The Morgan fingerprint density at radius 3 is 2.38 bits per heavy atom. The lowest BCUT2D eigenvalue weighted by Gasteiger charge is -2.34. The van der Waals surface area contributed by atoms with E-state index in [0.717, 1.165) is 0 Å². The predicted molar refractivity (Wildman–Crippen MR) is 92.9 cm³/mol. The highest BCUT2D eigenvalue weighted by Gasteiger charge is 2.26. The maximum absolute atomic E-state index is 12.6. The van der Waals surface area contributed by atoms with Gasteiger partial charge in [0.25, 0.3) is 11.8 Å². The molecule has 2 amide bonds. The second-order valence-corrected chi connectivity index (χ2v) is 5.78. The smallest absolute Gasteiger partial charge is 0.289 e. The Hall–Kier alpha value is -2.94. The van der Waals surface area contributed by atoms with Crippen molar-refractivity contribution in [2.24, 2.45) is 0 Å². The third kappa shape index (κ3) is 4.17. The van der Waals surface area contributed by atoms with Crippen LogP contribution in [0.5, 0.6) is 0 Å². The van der Waals surface area contributed by atoms with Gasteiger partial charge in [-0.15, -0.1) is 0 Å². The van der Waals surface area contributed by atoms with Gasteiger partial charge in [-0.3, -0.25) is 9.59 Å². The Labute approximate surface area is 151 Å². The number of rotatable bonds is 6. The summed E-state index contributed by atoms with van der Waals surface area (Å²) in [4.78, 5) is 36.5.